The molecule has 0 fully saturated rings. The Morgan fingerprint density at radius 1 is 0.913 bits per heavy atom. The van der Waals surface area contributed by atoms with Crippen LogP contribution in [-0.4, -0.2) is 59.5 Å². The second-order valence-electron chi connectivity index (χ2n) is 11.6. The van der Waals surface area contributed by atoms with Crippen LogP contribution in [0.15, 0.2) is 47.5 Å². The molecule has 12 heteroatoms. The molecule has 0 aromatic heterocycles. The largest absolute Gasteiger partial charge is 0.508 e. The Balaban J connectivity index is 2.42. The zero-order valence-corrected chi connectivity index (χ0v) is 26.8. The lowest BCUT2D eigenvalue weighted by Gasteiger charge is -2.25. The number of carbonyl (C=O) groups excluding carboxylic acids is 4. The van der Waals surface area contributed by atoms with Gasteiger partial charge in [0.1, 0.15) is 11.5 Å². The Morgan fingerprint density at radius 2 is 1.54 bits per heavy atom. The number of hydrogen-bond acceptors (Lipinski definition) is 8. The number of Topliss-reactive ketones (excluding diaryl/α,β-unsaturated/α-hetero) is 2. The van der Waals surface area contributed by atoms with Crippen molar-refractivity contribution in [1.29, 1.82) is 0 Å². The lowest BCUT2D eigenvalue weighted by atomic mass is 9.86. The van der Waals surface area contributed by atoms with Crippen molar-refractivity contribution in [2.75, 3.05) is 13.0 Å². The van der Waals surface area contributed by atoms with E-state index in [1.807, 2.05) is 0 Å². The van der Waals surface area contributed by atoms with Crippen LogP contribution >= 0.6 is 0 Å². The number of rotatable bonds is 21. The van der Waals surface area contributed by atoms with Crippen molar-refractivity contribution in [3.63, 3.8) is 0 Å². The molecule has 0 radical (unpaired) electrons. The molecule has 2 amide bonds. The first-order chi connectivity index (χ1) is 22.8. The maximum atomic E-state index is 14.1. The van der Waals surface area contributed by atoms with Crippen molar-refractivity contribution in [3.8, 4) is 5.75 Å². The predicted octanol–water partition coefficient (Wildman–Crippen LogP) is 1.43. The molecule has 0 aliphatic carbocycles. The first-order valence-electron chi connectivity index (χ1n) is 16.9. The maximum Gasteiger partial charge on any atom is 0.224 e. The number of nitrogens with two attached hydrogens (primary N) is 5. The van der Waals surface area contributed by atoms with Gasteiger partial charge in [-0.2, -0.15) is 0 Å². The maximum absolute atomic E-state index is 14.1. The number of guanidine groups is 1. The Labute approximate surface area is 275 Å². The van der Waals surface area contributed by atoms with Gasteiger partial charge in [0.2, 0.25) is 11.8 Å². The number of carbonyl (C=O) groups is 4. The Hall–Kier alpha value is -4.29. The molecule has 0 unspecified atom stereocenters. The molecule has 12 nitrogen and oxygen atoms in total. The van der Waals surface area contributed by atoms with Crippen LogP contribution in [0.1, 0.15) is 71.3 Å². The van der Waals surface area contributed by atoms with Crippen molar-refractivity contribution < 1.29 is 28.4 Å². The molecule has 0 aliphatic rings. The second kappa shape index (κ2) is 19.3. The van der Waals surface area contributed by atoms with E-state index in [0.29, 0.717) is 23.1 Å². The van der Waals surface area contributed by atoms with Gasteiger partial charge in [0, 0.05) is 34.0 Å². The Morgan fingerprint density at radius 3 is 2.13 bits per heavy atom. The summed E-state index contributed by atoms with van der Waals surface area (Å²) in [7, 11) is 0. The average Bonchev–Trinajstić information content (AvgIpc) is 2.99. The molecule has 2 aromatic rings. The van der Waals surface area contributed by atoms with E-state index < -0.39 is 60.2 Å². The third-order valence-corrected chi connectivity index (χ3v) is 7.85. The lowest BCUT2D eigenvalue weighted by molar-refractivity contribution is -0.133. The fourth-order valence-corrected chi connectivity index (χ4v) is 5.28. The van der Waals surface area contributed by atoms with E-state index in [4.69, 9.17) is 31.4 Å². The highest BCUT2D eigenvalue weighted by Crippen LogP contribution is 2.26. The van der Waals surface area contributed by atoms with E-state index in [0.717, 1.165) is 5.56 Å². The highest BCUT2D eigenvalue weighted by molar-refractivity contribution is 5.94. The van der Waals surface area contributed by atoms with Gasteiger partial charge in [-0.25, -0.2) is 0 Å². The molecule has 46 heavy (non-hydrogen) atoms. The smallest absolute Gasteiger partial charge is 0.224 e. The number of phenols is 1. The van der Waals surface area contributed by atoms with Crippen molar-refractivity contribution in [3.05, 3.63) is 64.7 Å². The average molecular weight is 641 g/mol. The molecular formula is C34H51N7O5. The van der Waals surface area contributed by atoms with E-state index >= 15 is 0 Å². The van der Waals surface area contributed by atoms with E-state index in [2.05, 4.69) is 10.3 Å². The monoisotopic (exact) mass is 640 g/mol. The van der Waals surface area contributed by atoms with Gasteiger partial charge in [-0.3, -0.25) is 24.2 Å². The van der Waals surface area contributed by atoms with E-state index in [9.17, 15) is 25.7 Å². The van der Waals surface area contributed by atoms with Gasteiger partial charge in [-0.1, -0.05) is 30.3 Å². The zero-order valence-electron chi connectivity index (χ0n) is 29.8. The number of ketones is 2. The molecule has 12 N–H and O–H groups in total. The molecule has 0 saturated heterocycles. The van der Waals surface area contributed by atoms with E-state index in [-0.39, 0.29) is 63.2 Å². The SMILES string of the molecule is [2H]C([2H])(N)CCC[C@]([2H])(NC(=O)[C@@H](CC(=O)[C@H](N)CCCN=C(N)N)Cc1c(C)cc(O)cc1C)C(=O)C[C@@H](Cc1ccccc1)C(N)=O. The number of primary amides is 1. The van der Waals surface area contributed by atoms with Crippen LogP contribution < -0.4 is 34.0 Å². The summed E-state index contributed by atoms with van der Waals surface area (Å²) in [5.41, 5.74) is 30.9. The van der Waals surface area contributed by atoms with Crippen molar-refractivity contribution >= 4 is 29.3 Å². The summed E-state index contributed by atoms with van der Waals surface area (Å²) in [6, 6.07) is 8.75. The number of benzene rings is 2. The molecule has 0 saturated carbocycles. The summed E-state index contributed by atoms with van der Waals surface area (Å²) in [4.78, 5) is 57.5. The van der Waals surface area contributed by atoms with E-state index in [1.54, 1.807) is 44.2 Å². The lowest BCUT2D eigenvalue weighted by Crippen LogP contribution is -2.46. The van der Waals surface area contributed by atoms with Gasteiger partial charge in [0.05, 0.1) is 13.4 Å². The predicted molar refractivity (Wildman–Crippen MR) is 180 cm³/mol. The van der Waals surface area contributed by atoms with Gasteiger partial charge in [-0.05, 0) is 99.7 Å². The summed E-state index contributed by atoms with van der Waals surface area (Å²) in [6.45, 7) is 1.69. The standard InChI is InChI=1S/C34H51N7O5/c1-21-15-26(42)16-22(2)27(21)18-25(20-30(43)28(36)11-8-14-40-34(38)39)33(46)41-29(12-6-7-13-35)31(44)19-24(32(37)45)17-23-9-4-3-5-10-23/h3-5,9-10,15-16,24-25,28-29,42H,6-8,11-14,17-20,35-36H2,1-2H3,(H2,37,45)(H,41,46)(H4,38,39,40)/t24-,25-,28-,29+/m1/s1/i13D2,29D. The molecule has 4 atom stereocenters. The molecule has 2 aromatic carbocycles. The Bertz CT molecular complexity index is 1460. The van der Waals surface area contributed by atoms with Gasteiger partial charge >= 0.3 is 0 Å². The van der Waals surface area contributed by atoms with Crippen molar-refractivity contribution in [2.45, 2.75) is 83.7 Å². The minimum Gasteiger partial charge on any atom is -0.508 e. The normalized spacial score (nSPS) is 15.6. The van der Waals surface area contributed by atoms with Crippen molar-refractivity contribution in [2.24, 2.45) is 45.5 Å². The molecular weight excluding hydrogens is 586 g/mol. The Kier molecular flexibility index (Phi) is 13.9. The number of amides is 2. The summed E-state index contributed by atoms with van der Waals surface area (Å²) in [5, 5.41) is 12.6. The minimum atomic E-state index is -2.30. The molecule has 2 rings (SSSR count). The molecule has 252 valence electrons. The second-order valence-corrected chi connectivity index (χ2v) is 11.6. The topological polar surface area (TPSA) is 243 Å². The molecule has 0 spiro atoms. The highest BCUT2D eigenvalue weighted by Gasteiger charge is 2.31. The van der Waals surface area contributed by atoms with Gasteiger partial charge in [0.15, 0.2) is 11.7 Å². The fourth-order valence-electron chi connectivity index (χ4n) is 5.28. The number of aryl methyl sites for hydroxylation is 2. The quantitative estimate of drug-likeness (QED) is 0.0592. The van der Waals surface area contributed by atoms with Gasteiger partial charge < -0.3 is 39.1 Å². The summed E-state index contributed by atoms with van der Waals surface area (Å²) < 4.78 is 24.6. The van der Waals surface area contributed by atoms with Gasteiger partial charge in [0.25, 0.3) is 0 Å². The third-order valence-electron chi connectivity index (χ3n) is 7.85. The van der Waals surface area contributed by atoms with Crippen LogP contribution in [0.25, 0.3) is 0 Å². The van der Waals surface area contributed by atoms with Crippen molar-refractivity contribution in [1.82, 2.24) is 5.32 Å². The summed E-state index contributed by atoms with van der Waals surface area (Å²) in [5.74, 6) is -4.85. The van der Waals surface area contributed by atoms with Crippen LogP contribution in [0.5, 0.6) is 5.75 Å². The summed E-state index contributed by atoms with van der Waals surface area (Å²) >= 11 is 0. The van der Waals surface area contributed by atoms with E-state index in [1.165, 1.54) is 12.1 Å². The third kappa shape index (κ3) is 13.0. The van der Waals surface area contributed by atoms with Crippen LogP contribution in [0.3, 0.4) is 0 Å². The van der Waals surface area contributed by atoms with Gasteiger partial charge in [-0.15, -0.1) is 0 Å². The number of aromatic hydroxyl groups is 1. The first-order valence-corrected chi connectivity index (χ1v) is 15.4. The fraction of sp³-hybridized carbons (Fsp3) is 0.500. The number of nitrogens with zero attached hydrogens (tertiary/aromatic N) is 1. The van der Waals surface area contributed by atoms with Crippen LogP contribution in [0.2, 0.25) is 0 Å². The summed E-state index contributed by atoms with van der Waals surface area (Å²) in [6.07, 6.45) is -0.500. The highest BCUT2D eigenvalue weighted by atomic mass is 16.3. The molecule has 0 aliphatic heterocycles. The molecule has 0 bridgehead atoms. The minimum absolute atomic E-state index is 0.0315. The number of hydrogen-bond donors (Lipinski definition) is 7. The first kappa shape index (κ1) is 33.1. The van der Waals surface area contributed by atoms with Crippen LogP contribution in [0.4, 0.5) is 0 Å². The van der Waals surface area contributed by atoms with Crippen LogP contribution in [-0.2, 0) is 32.0 Å². The molecule has 0 heterocycles. The number of aliphatic imine (C=N–C) groups is 1. The van der Waals surface area contributed by atoms with Crippen LogP contribution in [0, 0.1) is 25.7 Å². The zero-order chi connectivity index (χ0) is 36.9. The number of phenolic OH excluding ortho intramolecular Hbond substituents is 1. The number of nitrogens with one attached hydrogen (secondary N) is 1.